The molecule has 0 fully saturated rings. The summed E-state index contributed by atoms with van der Waals surface area (Å²) in [6.07, 6.45) is 0. The average Bonchev–Trinajstić information content (AvgIpc) is 0.692. The van der Waals surface area contributed by atoms with Gasteiger partial charge in [-0.15, -0.1) is 0 Å². The van der Waals surface area contributed by atoms with Crippen LogP contribution in [-0.2, 0) is 10.8 Å². The summed E-state index contributed by atoms with van der Waals surface area (Å²) in [6.45, 7) is -27.3. The largest absolute Gasteiger partial charge is 0.456 e. The zero-order valence-corrected chi connectivity index (χ0v) is 31.7. The molecule has 0 saturated carbocycles. The molecule has 11 rings (SSSR count). The molecule has 2 nitrogen and oxygen atoms in total. The van der Waals surface area contributed by atoms with E-state index in [1.807, 2.05) is 72.8 Å². The first-order valence-electron chi connectivity index (χ1n) is 31.3. The number of hydrogen-bond donors (Lipinski definition) is 0. The van der Waals surface area contributed by atoms with Gasteiger partial charge in [0, 0.05) is 77.1 Å². The Morgan fingerprint density at radius 3 is 1.43 bits per heavy atom. The van der Waals surface area contributed by atoms with Gasteiger partial charge in [0.15, 0.2) is 0 Å². The zero-order valence-electron chi connectivity index (χ0n) is 55.7. The SMILES string of the molecule is [2H]C([2H])([2H])c1ccc2c(c1)Oc1c(ccc(C([2H])([2H])[2H])c1-c1cc3c(cc1C([2H])([2H])[2H])Oc1c(ccc(C([2H])([2H])[2H])c1-c1ccc4c(c1)-c1ccccc1-c1ccccc1-c1ccccc1-4)C3(C([2H])([2H])[2H])C([2H])([2H])[2H])C2(C([2H])([2H])[2H])C([2H])([2H])[2H]. The van der Waals surface area contributed by atoms with Crippen LogP contribution in [0.4, 0.5) is 0 Å². The van der Waals surface area contributed by atoms with Crippen LogP contribution in [0.3, 0.4) is 0 Å². The topological polar surface area (TPSA) is 18.5 Å². The molecule has 0 spiro atoms. The lowest BCUT2D eigenvalue weighted by Gasteiger charge is -2.38. The fourth-order valence-corrected chi connectivity index (χ4v) is 9.13. The van der Waals surface area contributed by atoms with E-state index in [1.165, 1.54) is 0 Å². The molecular formula is C58H48O2. The Kier molecular flexibility index (Phi) is 4.13. The first-order chi connectivity index (χ1) is 38.8. The molecule has 2 aliphatic heterocycles. The van der Waals surface area contributed by atoms with Gasteiger partial charge in [0.1, 0.15) is 23.0 Å². The van der Waals surface area contributed by atoms with Gasteiger partial charge in [0.05, 0.1) is 0 Å². The zero-order chi connectivity index (χ0) is 61.2. The second-order valence-electron chi connectivity index (χ2n) is 15.4. The molecule has 0 amide bonds. The smallest absolute Gasteiger partial charge is 0.139 e. The number of fused-ring (bicyclic) bond motifs is 12. The Bertz CT molecular complexity index is 4000. The average molecular weight is 801 g/mol. The van der Waals surface area contributed by atoms with Gasteiger partial charge < -0.3 is 9.47 Å². The van der Waals surface area contributed by atoms with E-state index < -0.39 is 144 Å². The summed E-state index contributed by atoms with van der Waals surface area (Å²) in [7, 11) is 0. The Hall–Kier alpha value is -6.64. The monoisotopic (exact) mass is 801 g/mol. The third-order valence-electron chi connectivity index (χ3n) is 12.0. The molecule has 8 aromatic carbocycles. The van der Waals surface area contributed by atoms with E-state index in [4.69, 9.17) is 34.1 Å². The highest BCUT2D eigenvalue weighted by molar-refractivity contribution is 6.04. The van der Waals surface area contributed by atoms with E-state index in [-0.39, 0.29) is 11.1 Å². The van der Waals surface area contributed by atoms with E-state index in [9.17, 15) is 8.22 Å². The summed E-state index contributed by atoms with van der Waals surface area (Å²) in [4.78, 5) is 0. The van der Waals surface area contributed by atoms with Crippen LogP contribution in [0, 0.1) is 27.4 Å². The van der Waals surface area contributed by atoms with E-state index in [0.717, 1.165) is 93.5 Å². The first kappa shape index (κ1) is 19.2. The molecule has 0 atom stereocenters. The van der Waals surface area contributed by atoms with Crippen molar-refractivity contribution in [1.82, 2.24) is 0 Å². The van der Waals surface area contributed by atoms with Gasteiger partial charge in [-0.1, -0.05) is 149 Å². The van der Waals surface area contributed by atoms with Gasteiger partial charge in [0.25, 0.3) is 0 Å². The van der Waals surface area contributed by atoms with E-state index in [2.05, 4.69) is 0 Å². The van der Waals surface area contributed by atoms with Crippen molar-refractivity contribution in [3.05, 3.63) is 190 Å². The number of hydrogen-bond acceptors (Lipinski definition) is 2. The second kappa shape index (κ2) is 12.9. The van der Waals surface area contributed by atoms with Crippen molar-refractivity contribution < 1.29 is 42.4 Å². The van der Waals surface area contributed by atoms with Crippen LogP contribution in [-0.4, -0.2) is 0 Å². The molecule has 3 aliphatic rings. The molecular weight excluding hydrogens is 729 g/mol. The van der Waals surface area contributed by atoms with Crippen LogP contribution in [0.15, 0.2) is 146 Å². The maximum Gasteiger partial charge on any atom is 0.139 e. The Labute approximate surface area is 387 Å². The van der Waals surface area contributed by atoms with Crippen LogP contribution in [0.1, 0.15) is 105 Å². The number of benzene rings is 8. The quantitative estimate of drug-likeness (QED) is 0.173. The molecule has 0 saturated heterocycles. The Balaban J connectivity index is 1.26. The third-order valence-corrected chi connectivity index (χ3v) is 12.0. The molecule has 2 heterocycles. The third kappa shape index (κ3) is 5.19. The van der Waals surface area contributed by atoms with Gasteiger partial charge in [-0.25, -0.2) is 0 Å². The van der Waals surface area contributed by atoms with Crippen molar-refractivity contribution in [2.24, 2.45) is 0 Å². The van der Waals surface area contributed by atoms with Gasteiger partial charge in [0.2, 0.25) is 0 Å². The minimum atomic E-state index is -3.73. The highest BCUT2D eigenvalue weighted by Crippen LogP contribution is 2.57. The fraction of sp³-hybridized carbons (Fsp3) is 0.172. The first-order valence-corrected chi connectivity index (χ1v) is 19.3. The fourth-order valence-electron chi connectivity index (χ4n) is 9.13. The van der Waals surface area contributed by atoms with Gasteiger partial charge in [-0.3, -0.25) is 0 Å². The van der Waals surface area contributed by atoms with Crippen LogP contribution in [0.2, 0.25) is 0 Å². The lowest BCUT2D eigenvalue weighted by molar-refractivity contribution is 0.417. The number of ether oxygens (including phenoxy) is 2. The predicted octanol–water partition coefficient (Wildman–Crippen LogP) is 16.1. The van der Waals surface area contributed by atoms with Crippen molar-refractivity contribution in [2.75, 3.05) is 0 Å². The molecule has 60 heavy (non-hydrogen) atoms. The minimum absolute atomic E-state index is 0.128. The maximum atomic E-state index is 9.42. The molecule has 2 heteroatoms. The van der Waals surface area contributed by atoms with E-state index in [1.54, 1.807) is 18.2 Å². The molecule has 0 bridgehead atoms. The normalized spacial score (nSPS) is 22.1. The standard InChI is InChI=1S/C58H48O2/c1-33-21-26-47-51(29-33)59-56-49(57(47,5)6)28-23-35(3)54(56)45-32-50-52(30-36(45)4)60-55-48(58(50,7)8)27-22-34(2)53(55)37-24-25-44-42-19-12-11-17-40(42)38-15-9-10-16-39(38)41-18-13-14-20-43(41)46(44)31-37/h9-32H,1-8H3/i1D3,2D3,3D3,4D3,5D3,6D3,7D3,8D3. The molecule has 8 aromatic rings. The Morgan fingerprint density at radius 2 is 0.867 bits per heavy atom. The Morgan fingerprint density at radius 1 is 0.367 bits per heavy atom. The molecule has 0 radical (unpaired) electrons. The number of aryl methyl sites for hydroxylation is 4. The van der Waals surface area contributed by atoms with Crippen LogP contribution in [0.5, 0.6) is 23.0 Å². The van der Waals surface area contributed by atoms with Gasteiger partial charge >= 0.3 is 0 Å². The summed E-state index contributed by atoms with van der Waals surface area (Å²) in [5, 5.41) is 0. The minimum Gasteiger partial charge on any atom is -0.456 e. The van der Waals surface area contributed by atoms with E-state index in [0.29, 0.717) is 5.56 Å². The highest BCUT2D eigenvalue weighted by Gasteiger charge is 2.40. The van der Waals surface area contributed by atoms with Crippen molar-refractivity contribution in [2.45, 2.75) is 65.6 Å². The molecule has 0 N–H and O–H groups in total. The summed E-state index contributed by atoms with van der Waals surface area (Å²) >= 11 is 0. The number of rotatable bonds is 2. The van der Waals surface area contributed by atoms with Crippen LogP contribution >= 0.6 is 0 Å². The van der Waals surface area contributed by atoms with Crippen LogP contribution < -0.4 is 9.47 Å². The van der Waals surface area contributed by atoms with Gasteiger partial charge in [-0.2, -0.15) is 0 Å². The highest BCUT2D eigenvalue weighted by atomic mass is 16.5. The second-order valence-corrected chi connectivity index (χ2v) is 15.4. The maximum absolute atomic E-state index is 9.42. The van der Waals surface area contributed by atoms with Crippen molar-refractivity contribution in [3.8, 4) is 89.8 Å². The van der Waals surface area contributed by atoms with E-state index >= 15 is 0 Å². The summed E-state index contributed by atoms with van der Waals surface area (Å²) in [6, 6.07) is 36.4. The molecule has 1 aliphatic carbocycles. The lowest BCUT2D eigenvalue weighted by Crippen LogP contribution is -2.26. The predicted molar refractivity (Wildman–Crippen MR) is 249 cm³/mol. The van der Waals surface area contributed by atoms with Crippen molar-refractivity contribution in [1.29, 1.82) is 0 Å². The molecule has 0 unspecified atom stereocenters. The van der Waals surface area contributed by atoms with Gasteiger partial charge in [-0.05, 0) is 130 Å². The summed E-state index contributed by atoms with van der Waals surface area (Å²) in [5.74, 6) is -2.83. The molecule has 292 valence electrons. The van der Waals surface area contributed by atoms with Crippen molar-refractivity contribution >= 4 is 0 Å². The lowest BCUT2D eigenvalue weighted by atomic mass is 9.72. The molecule has 0 aromatic heterocycles. The summed E-state index contributed by atoms with van der Waals surface area (Å²) < 4.78 is 228. The van der Waals surface area contributed by atoms with Crippen LogP contribution in [0.25, 0.3) is 66.8 Å². The van der Waals surface area contributed by atoms with Crippen molar-refractivity contribution in [3.63, 3.8) is 0 Å². The summed E-state index contributed by atoms with van der Waals surface area (Å²) in [5.41, 5.74) is -7.03.